The van der Waals surface area contributed by atoms with Gasteiger partial charge in [-0.2, -0.15) is 0 Å². The SMILES string of the molecule is CC1CC1NCC1CCN(C)CC1. The van der Waals surface area contributed by atoms with Gasteiger partial charge in [0.15, 0.2) is 0 Å². The maximum atomic E-state index is 3.67. The third-order valence-electron chi connectivity index (χ3n) is 3.62. The minimum absolute atomic E-state index is 0.861. The van der Waals surface area contributed by atoms with Gasteiger partial charge in [0.1, 0.15) is 0 Å². The van der Waals surface area contributed by atoms with Crippen LogP contribution in [0.4, 0.5) is 0 Å². The molecule has 2 rings (SSSR count). The first-order chi connectivity index (χ1) is 6.25. The maximum absolute atomic E-state index is 3.67. The maximum Gasteiger partial charge on any atom is 0.00965 e. The Morgan fingerprint density at radius 3 is 2.46 bits per heavy atom. The summed E-state index contributed by atoms with van der Waals surface area (Å²) in [5, 5.41) is 3.67. The Labute approximate surface area is 81.7 Å². The number of rotatable bonds is 3. The molecule has 76 valence electrons. The molecule has 1 aliphatic heterocycles. The third-order valence-corrected chi connectivity index (χ3v) is 3.62. The van der Waals surface area contributed by atoms with Crippen LogP contribution >= 0.6 is 0 Å². The van der Waals surface area contributed by atoms with Gasteiger partial charge in [-0.05, 0) is 57.8 Å². The number of piperidine rings is 1. The van der Waals surface area contributed by atoms with Gasteiger partial charge in [-0.3, -0.25) is 0 Å². The van der Waals surface area contributed by atoms with Crippen molar-refractivity contribution >= 4 is 0 Å². The highest BCUT2D eigenvalue weighted by Gasteiger charge is 2.32. The number of hydrogen-bond donors (Lipinski definition) is 1. The van der Waals surface area contributed by atoms with Gasteiger partial charge in [-0.1, -0.05) is 6.92 Å². The van der Waals surface area contributed by atoms with Crippen molar-refractivity contribution in [2.75, 3.05) is 26.7 Å². The molecule has 1 aliphatic carbocycles. The summed E-state index contributed by atoms with van der Waals surface area (Å²) in [5.74, 6) is 1.90. The molecule has 0 amide bonds. The second-order valence-electron chi connectivity index (χ2n) is 4.97. The van der Waals surface area contributed by atoms with Crippen LogP contribution in [-0.4, -0.2) is 37.6 Å². The molecule has 0 bridgehead atoms. The fraction of sp³-hybridized carbons (Fsp3) is 1.00. The summed E-state index contributed by atoms with van der Waals surface area (Å²) in [6.45, 7) is 6.20. The van der Waals surface area contributed by atoms with Crippen LogP contribution in [0.5, 0.6) is 0 Å². The Kier molecular flexibility index (Phi) is 2.89. The molecule has 2 fully saturated rings. The van der Waals surface area contributed by atoms with E-state index in [0.717, 1.165) is 17.9 Å². The molecule has 0 aromatic rings. The van der Waals surface area contributed by atoms with Crippen LogP contribution in [0.2, 0.25) is 0 Å². The topological polar surface area (TPSA) is 15.3 Å². The zero-order valence-electron chi connectivity index (χ0n) is 8.92. The molecule has 2 unspecified atom stereocenters. The van der Waals surface area contributed by atoms with Crippen molar-refractivity contribution in [3.05, 3.63) is 0 Å². The summed E-state index contributed by atoms with van der Waals surface area (Å²) < 4.78 is 0. The highest BCUT2D eigenvalue weighted by molar-refractivity contribution is 4.90. The summed E-state index contributed by atoms with van der Waals surface area (Å²) in [5.41, 5.74) is 0. The van der Waals surface area contributed by atoms with E-state index in [4.69, 9.17) is 0 Å². The lowest BCUT2D eigenvalue weighted by Gasteiger charge is -2.29. The lowest BCUT2D eigenvalue weighted by molar-refractivity contribution is 0.215. The molecule has 0 aromatic heterocycles. The van der Waals surface area contributed by atoms with Crippen molar-refractivity contribution in [3.63, 3.8) is 0 Å². The Balaban J connectivity index is 1.60. The predicted octanol–water partition coefficient (Wildman–Crippen LogP) is 1.33. The van der Waals surface area contributed by atoms with Crippen LogP contribution in [0.1, 0.15) is 26.2 Å². The molecule has 0 aromatic carbocycles. The second-order valence-corrected chi connectivity index (χ2v) is 4.97. The molecule has 0 spiro atoms. The van der Waals surface area contributed by atoms with Crippen LogP contribution in [0.25, 0.3) is 0 Å². The lowest BCUT2D eigenvalue weighted by Crippen LogP contribution is -2.35. The van der Waals surface area contributed by atoms with E-state index in [1.807, 2.05) is 0 Å². The number of hydrogen-bond acceptors (Lipinski definition) is 2. The van der Waals surface area contributed by atoms with Crippen LogP contribution in [0, 0.1) is 11.8 Å². The molecule has 1 N–H and O–H groups in total. The van der Waals surface area contributed by atoms with Gasteiger partial charge >= 0.3 is 0 Å². The van der Waals surface area contributed by atoms with Crippen molar-refractivity contribution in [3.8, 4) is 0 Å². The summed E-state index contributed by atoms with van der Waals surface area (Å²) in [4.78, 5) is 2.44. The number of likely N-dealkylation sites (tertiary alicyclic amines) is 1. The lowest BCUT2D eigenvalue weighted by atomic mass is 9.97. The van der Waals surface area contributed by atoms with Crippen molar-refractivity contribution < 1.29 is 0 Å². The molecule has 2 aliphatic rings. The molecule has 13 heavy (non-hydrogen) atoms. The zero-order chi connectivity index (χ0) is 9.26. The number of nitrogens with one attached hydrogen (secondary N) is 1. The van der Waals surface area contributed by atoms with Gasteiger partial charge in [0.2, 0.25) is 0 Å². The first kappa shape index (κ1) is 9.47. The summed E-state index contributed by atoms with van der Waals surface area (Å²) in [7, 11) is 2.23. The third kappa shape index (κ3) is 2.68. The van der Waals surface area contributed by atoms with E-state index in [2.05, 4.69) is 24.2 Å². The van der Waals surface area contributed by atoms with E-state index in [1.54, 1.807) is 0 Å². The van der Waals surface area contributed by atoms with Crippen LogP contribution < -0.4 is 5.32 Å². The van der Waals surface area contributed by atoms with E-state index in [1.165, 1.54) is 38.9 Å². The number of nitrogens with zero attached hydrogens (tertiary/aromatic N) is 1. The molecule has 1 saturated heterocycles. The van der Waals surface area contributed by atoms with Gasteiger partial charge in [0.25, 0.3) is 0 Å². The standard InChI is InChI=1S/C11H22N2/c1-9-7-11(9)12-8-10-3-5-13(2)6-4-10/h9-12H,3-8H2,1-2H3. The van der Waals surface area contributed by atoms with Crippen LogP contribution in [0.15, 0.2) is 0 Å². The Bertz CT molecular complexity index is 161. The van der Waals surface area contributed by atoms with E-state index in [0.29, 0.717) is 0 Å². The predicted molar refractivity (Wildman–Crippen MR) is 55.8 cm³/mol. The van der Waals surface area contributed by atoms with Crippen LogP contribution in [-0.2, 0) is 0 Å². The van der Waals surface area contributed by atoms with E-state index >= 15 is 0 Å². The zero-order valence-corrected chi connectivity index (χ0v) is 8.92. The molecule has 2 heteroatoms. The van der Waals surface area contributed by atoms with Crippen LogP contribution in [0.3, 0.4) is 0 Å². The van der Waals surface area contributed by atoms with Gasteiger partial charge in [-0.15, -0.1) is 0 Å². The molecular formula is C11H22N2. The smallest absolute Gasteiger partial charge is 0.00965 e. The average Bonchev–Trinajstić information content (AvgIpc) is 2.81. The van der Waals surface area contributed by atoms with Gasteiger partial charge in [0.05, 0.1) is 0 Å². The molecule has 2 nitrogen and oxygen atoms in total. The van der Waals surface area contributed by atoms with Crippen molar-refractivity contribution in [1.82, 2.24) is 10.2 Å². The van der Waals surface area contributed by atoms with E-state index < -0.39 is 0 Å². The minimum atomic E-state index is 0.861. The molecule has 1 saturated carbocycles. The quantitative estimate of drug-likeness (QED) is 0.708. The summed E-state index contributed by atoms with van der Waals surface area (Å²) in [6, 6.07) is 0.861. The fourth-order valence-electron chi connectivity index (χ4n) is 2.19. The van der Waals surface area contributed by atoms with E-state index in [-0.39, 0.29) is 0 Å². The molecular weight excluding hydrogens is 160 g/mol. The summed E-state index contributed by atoms with van der Waals surface area (Å²) >= 11 is 0. The Morgan fingerprint density at radius 2 is 1.92 bits per heavy atom. The largest absolute Gasteiger partial charge is 0.313 e. The van der Waals surface area contributed by atoms with E-state index in [9.17, 15) is 0 Å². The second kappa shape index (κ2) is 3.97. The minimum Gasteiger partial charge on any atom is -0.313 e. The highest BCUT2D eigenvalue weighted by Crippen LogP contribution is 2.29. The van der Waals surface area contributed by atoms with Gasteiger partial charge < -0.3 is 10.2 Å². The first-order valence-corrected chi connectivity index (χ1v) is 5.67. The van der Waals surface area contributed by atoms with Crippen molar-refractivity contribution in [2.24, 2.45) is 11.8 Å². The van der Waals surface area contributed by atoms with Crippen molar-refractivity contribution in [1.29, 1.82) is 0 Å². The monoisotopic (exact) mass is 182 g/mol. The molecule has 2 atom stereocenters. The average molecular weight is 182 g/mol. The first-order valence-electron chi connectivity index (χ1n) is 5.67. The molecule has 0 radical (unpaired) electrons. The van der Waals surface area contributed by atoms with Gasteiger partial charge in [0, 0.05) is 6.04 Å². The fourth-order valence-corrected chi connectivity index (χ4v) is 2.19. The Morgan fingerprint density at radius 1 is 1.31 bits per heavy atom. The normalized spacial score (nSPS) is 36.5. The molecule has 1 heterocycles. The summed E-state index contributed by atoms with van der Waals surface area (Å²) in [6.07, 6.45) is 4.20. The Hall–Kier alpha value is -0.0800. The van der Waals surface area contributed by atoms with Gasteiger partial charge in [-0.25, -0.2) is 0 Å². The highest BCUT2D eigenvalue weighted by atomic mass is 15.1. The van der Waals surface area contributed by atoms with Crippen molar-refractivity contribution in [2.45, 2.75) is 32.2 Å².